The molecule has 0 bridgehead atoms. The number of aliphatic carboxylic acids is 1. The Balaban J connectivity index is 0.000000320. The van der Waals surface area contributed by atoms with Gasteiger partial charge in [-0.3, -0.25) is 75.1 Å². The molecule has 9 aromatic rings. The van der Waals surface area contributed by atoms with Gasteiger partial charge < -0.3 is 24.5 Å². The fourth-order valence-corrected chi connectivity index (χ4v) is 10.6. The molecule has 0 aliphatic carbocycles. The Bertz CT molecular complexity index is 4910. The summed E-state index contributed by atoms with van der Waals surface area (Å²) in [5.74, 6) is -0.889. The van der Waals surface area contributed by atoms with Crippen LogP contribution in [0.5, 0.6) is 0 Å². The molecular formula is C82H77Cl5F12N8O15. The second-order valence-corrected chi connectivity index (χ2v) is 26.8. The summed E-state index contributed by atoms with van der Waals surface area (Å²) in [6.07, 6.45) is -19.4. The van der Waals surface area contributed by atoms with E-state index in [1.807, 2.05) is 23.6 Å². The molecule has 40 heteroatoms. The normalized spacial score (nSPS) is 11.5. The van der Waals surface area contributed by atoms with E-state index in [9.17, 15) is 111 Å². The monoisotopic (exact) mass is 1820 g/mol. The molecule has 0 saturated carbocycles. The Morgan fingerprint density at radius 3 is 1.08 bits per heavy atom. The first-order valence-corrected chi connectivity index (χ1v) is 38.3. The van der Waals surface area contributed by atoms with Gasteiger partial charge in [-0.25, -0.2) is 5.84 Å². The first-order chi connectivity index (χ1) is 57.5. The van der Waals surface area contributed by atoms with Gasteiger partial charge >= 0.3 is 36.6 Å². The molecule has 0 saturated heterocycles. The van der Waals surface area contributed by atoms with Crippen molar-refractivity contribution in [2.45, 2.75) is 102 Å². The first kappa shape index (κ1) is 103. The highest BCUT2D eigenvalue weighted by Crippen LogP contribution is 2.34. The van der Waals surface area contributed by atoms with Crippen LogP contribution in [0.3, 0.4) is 0 Å². The maximum Gasteiger partial charge on any atom is 0.416 e. The highest BCUT2D eigenvalue weighted by Gasteiger charge is 2.33. The predicted octanol–water partition coefficient (Wildman–Crippen LogP) is 14.7. The van der Waals surface area contributed by atoms with E-state index in [-0.39, 0.29) is 90.2 Å². The number of hydrogen-bond acceptors (Lipinski definition) is 17. The van der Waals surface area contributed by atoms with Crippen molar-refractivity contribution < 1.29 is 125 Å². The average Bonchev–Trinajstić information content (AvgIpc) is 1.62. The van der Waals surface area contributed by atoms with Crippen LogP contribution in [0.1, 0.15) is 136 Å². The van der Waals surface area contributed by atoms with Gasteiger partial charge in [0.05, 0.1) is 78.0 Å². The number of carboxylic acid groups (broad SMARTS) is 1. The quantitative estimate of drug-likeness (QED) is 0.00418. The largest absolute Gasteiger partial charge is 0.481 e. The molecule has 2 unspecified atom stereocenters. The summed E-state index contributed by atoms with van der Waals surface area (Å²) in [4.78, 5) is 111. The van der Waals surface area contributed by atoms with Crippen LogP contribution >= 0.6 is 58.0 Å². The van der Waals surface area contributed by atoms with Crippen LogP contribution in [-0.2, 0) is 95.1 Å². The fraction of sp³-hybridized carbons (Fsp3) is 0.268. The molecule has 1 heterocycles. The summed E-state index contributed by atoms with van der Waals surface area (Å²) in [7, 11) is 0. The summed E-state index contributed by atoms with van der Waals surface area (Å²) in [5, 5.41) is 34.7. The van der Waals surface area contributed by atoms with Crippen LogP contribution in [0, 0.1) is 0 Å². The number of nitrogens with zero attached hydrogens (tertiary/aromatic N) is 2. The second kappa shape index (κ2) is 51.5. The third-order valence-corrected chi connectivity index (χ3v) is 17.6. The maximum absolute atomic E-state index is 12.7. The van der Waals surface area contributed by atoms with Gasteiger partial charge in [-0.15, -0.1) is 68.2 Å². The van der Waals surface area contributed by atoms with Gasteiger partial charge in [0.25, 0.3) is 17.7 Å². The van der Waals surface area contributed by atoms with Crippen molar-refractivity contribution in [1.82, 2.24) is 37.3 Å². The number of ketones is 3. The highest BCUT2D eigenvalue weighted by atomic mass is 35.5. The van der Waals surface area contributed by atoms with Gasteiger partial charge in [0, 0.05) is 34.0 Å². The number of halogens is 17. The number of aromatic nitrogens is 2. The number of aliphatic hydroxyl groups is 2. The van der Waals surface area contributed by atoms with Crippen LogP contribution in [-0.4, -0.2) is 133 Å². The standard InChI is InChI=1S/C19H18ClF3N2O3.C19H16ClF3N2O3.C19H16ClF3N2O2.C15H13F3N2O.C6H9ClO3.C4H5ClO3/c2*20-11-15(26)10-17(27)24-25-18(28)16-4-2-1-3-13(16)9-12-5-7-14(8-6-12)19(21,22)23;20-11-15(26)10-17-24-25-18(27-17)16-4-2-1-3-13(16)9-12-5-7-14(8-6-12)19(21,22)23;16-15(17,18)12-7-5-10(6-8-12)9-11-3-1-2-4-13(11)14(21)20-19;1-2-10-6(9)3-5(8)4-7;5-2-3(6)1-4(7)8/h1-8,15,26H,9-11H2,(H,24,27)(H,25,28);1-8H,9-11H2,(H,24,27)(H,25,28);1-8,15,26H,9-11H2;1-8H,9,19H2,(H,20,21);2-4H2,1H3;1-2H2,(H,7,8). The third-order valence-electron chi connectivity index (χ3n) is 16.0. The minimum absolute atomic E-state index is 0.0578. The van der Waals surface area contributed by atoms with E-state index < -0.39 is 125 Å². The van der Waals surface area contributed by atoms with Crippen molar-refractivity contribution >= 4 is 117 Å². The molecule has 2 atom stereocenters. The number of hydrogen-bond donors (Lipinski definition) is 9. The number of benzene rings is 8. The van der Waals surface area contributed by atoms with Crippen LogP contribution in [0.4, 0.5) is 52.7 Å². The van der Waals surface area contributed by atoms with Crippen molar-refractivity contribution in [3.63, 3.8) is 0 Å². The van der Waals surface area contributed by atoms with Gasteiger partial charge in [-0.05, 0) is 150 Å². The van der Waals surface area contributed by atoms with Crippen LogP contribution in [0.25, 0.3) is 11.5 Å². The van der Waals surface area contributed by atoms with Gasteiger partial charge in [0.2, 0.25) is 23.6 Å². The number of alkyl halides is 17. The van der Waals surface area contributed by atoms with E-state index in [0.29, 0.717) is 64.0 Å². The number of carbonyl (C=O) groups excluding carboxylic acids is 9. The van der Waals surface area contributed by atoms with E-state index in [2.05, 4.69) is 36.6 Å². The number of esters is 1. The number of carboxylic acids is 1. The van der Waals surface area contributed by atoms with E-state index in [1.165, 1.54) is 60.7 Å². The number of aliphatic hydroxyl groups excluding tert-OH is 2. The molecule has 10 N–H and O–H groups in total. The number of nitrogens with two attached hydrogens (primary N) is 1. The van der Waals surface area contributed by atoms with Gasteiger partial charge in [-0.1, -0.05) is 121 Å². The molecule has 654 valence electrons. The molecule has 122 heavy (non-hydrogen) atoms. The average molecular weight is 1820 g/mol. The smallest absolute Gasteiger partial charge is 0.416 e. The van der Waals surface area contributed by atoms with Gasteiger partial charge in [-0.2, -0.15) is 52.7 Å². The summed E-state index contributed by atoms with van der Waals surface area (Å²) >= 11 is 26.4. The lowest BCUT2D eigenvalue weighted by Crippen LogP contribution is -2.43. The van der Waals surface area contributed by atoms with Crippen molar-refractivity contribution in [1.29, 1.82) is 0 Å². The van der Waals surface area contributed by atoms with Gasteiger partial charge in [0.15, 0.2) is 17.3 Å². The summed E-state index contributed by atoms with van der Waals surface area (Å²) in [6.45, 7) is 1.98. The topological polar surface area (TPSA) is 366 Å². The highest BCUT2D eigenvalue weighted by molar-refractivity contribution is 6.29. The molecule has 0 fully saturated rings. The zero-order chi connectivity index (χ0) is 90.9. The molecule has 0 aliphatic heterocycles. The van der Waals surface area contributed by atoms with E-state index in [0.717, 1.165) is 59.7 Å². The van der Waals surface area contributed by atoms with E-state index in [4.69, 9.17) is 73.4 Å². The Kier molecular flexibility index (Phi) is 43.5. The number of hydrazine groups is 3. The predicted molar refractivity (Wildman–Crippen MR) is 426 cm³/mol. The number of amides is 5. The van der Waals surface area contributed by atoms with E-state index >= 15 is 0 Å². The first-order valence-electron chi connectivity index (χ1n) is 35.6. The molecule has 0 spiro atoms. The Labute approximate surface area is 713 Å². The van der Waals surface area contributed by atoms with Crippen molar-refractivity contribution in [2.24, 2.45) is 5.84 Å². The van der Waals surface area contributed by atoms with Crippen molar-refractivity contribution in [3.05, 3.63) is 283 Å². The minimum atomic E-state index is -4.42. The number of rotatable bonds is 28. The SMILES string of the molecule is CCOC(=O)CC(=O)CCl.NNC(=O)c1ccccc1Cc1ccc(C(F)(F)F)cc1.O=C(CC(O)CCl)NNC(=O)c1ccccc1Cc1ccc(C(F)(F)F)cc1.O=C(CCl)CC(=O)NNC(=O)c1ccccc1Cc1ccc(C(F)(F)F)cc1.O=C(O)CC(=O)CCl.OC(CCl)Cc1nnc(-c2ccccc2Cc2ccc(C(F)(F)F)cc2)o1. The van der Waals surface area contributed by atoms with Crippen molar-refractivity contribution in [2.75, 3.05) is 36.0 Å². The lowest BCUT2D eigenvalue weighted by molar-refractivity contribution is -0.145. The minimum Gasteiger partial charge on any atom is -0.481 e. The molecular weight excluding hydrogens is 1740 g/mol. The number of Topliss-reactive ketones (excluding diaryl/α,β-unsaturated/α-hetero) is 3. The zero-order valence-electron chi connectivity index (χ0n) is 63.9. The number of nitrogen functional groups attached to an aromatic ring is 1. The molecule has 9 rings (SSSR count). The van der Waals surface area contributed by atoms with Crippen LogP contribution in [0.2, 0.25) is 0 Å². The Morgan fingerprint density at radius 2 is 0.746 bits per heavy atom. The van der Waals surface area contributed by atoms with Gasteiger partial charge in [0.1, 0.15) is 12.8 Å². The fourth-order valence-electron chi connectivity index (χ4n) is 10.1. The maximum atomic E-state index is 12.7. The molecule has 5 amide bonds. The Morgan fingerprint density at radius 1 is 0.418 bits per heavy atom. The third kappa shape index (κ3) is 37.8. The molecule has 23 nitrogen and oxygen atoms in total. The summed E-state index contributed by atoms with van der Waals surface area (Å²) in [6, 6.07) is 46.3. The van der Waals surface area contributed by atoms with E-state index in [1.54, 1.807) is 73.7 Å². The molecule has 0 radical (unpaired) electrons. The number of carbonyl (C=O) groups is 10. The lowest BCUT2D eigenvalue weighted by atomic mass is 9.98. The van der Waals surface area contributed by atoms with Crippen LogP contribution in [0.15, 0.2) is 199 Å². The molecule has 0 aliphatic rings. The summed E-state index contributed by atoms with van der Waals surface area (Å²) < 4.78 is 162. The summed E-state index contributed by atoms with van der Waals surface area (Å²) in [5.41, 5.74) is 14.8. The zero-order valence-corrected chi connectivity index (χ0v) is 67.7. The molecule has 8 aromatic carbocycles. The van der Waals surface area contributed by atoms with Crippen molar-refractivity contribution in [3.8, 4) is 11.5 Å². The van der Waals surface area contributed by atoms with Crippen LogP contribution < -0.4 is 33.0 Å². The Hall–Kier alpha value is -11.3. The lowest BCUT2D eigenvalue weighted by Gasteiger charge is -2.13. The number of ether oxygens (including phenoxy) is 1. The molecule has 1 aromatic heterocycles. The number of nitrogens with one attached hydrogen (secondary N) is 5. The second-order valence-electron chi connectivity index (χ2n) is 25.4.